The van der Waals surface area contributed by atoms with Crippen molar-refractivity contribution >= 4 is 17.9 Å². The first-order valence-electron chi connectivity index (χ1n) is 36.2. The Morgan fingerprint density at radius 3 is 0.633 bits per heavy atom. The zero-order valence-corrected chi connectivity index (χ0v) is 53.9. The van der Waals surface area contributed by atoms with E-state index in [0.29, 0.717) is 19.3 Å². The lowest BCUT2D eigenvalue weighted by molar-refractivity contribution is -0.167. The van der Waals surface area contributed by atoms with Crippen LogP contribution in [-0.2, 0) is 28.6 Å². The highest BCUT2D eigenvalue weighted by Crippen LogP contribution is 2.19. The molecule has 6 heteroatoms. The van der Waals surface area contributed by atoms with Gasteiger partial charge in [0.15, 0.2) is 6.10 Å². The van der Waals surface area contributed by atoms with Gasteiger partial charge in [-0.3, -0.25) is 14.4 Å². The molecular weight excluding hydrogens is 973 g/mol. The first-order chi connectivity index (χ1) is 39.0. The predicted octanol–water partition coefficient (Wildman–Crippen LogP) is 24.8. The van der Waals surface area contributed by atoms with Crippen LogP contribution in [0, 0.1) is 0 Å². The number of ether oxygens (including phenoxy) is 3. The van der Waals surface area contributed by atoms with Crippen LogP contribution in [0.1, 0.15) is 419 Å². The third-order valence-corrected chi connectivity index (χ3v) is 16.8. The first kappa shape index (κ1) is 77.2. The fourth-order valence-corrected chi connectivity index (χ4v) is 11.3. The van der Waals surface area contributed by atoms with Crippen LogP contribution in [0.2, 0.25) is 0 Å². The van der Waals surface area contributed by atoms with Crippen molar-refractivity contribution in [3.63, 3.8) is 0 Å². The molecule has 0 saturated carbocycles. The Hall–Kier alpha value is -1.85. The van der Waals surface area contributed by atoms with Crippen LogP contribution >= 0.6 is 0 Å². The molecule has 0 aliphatic rings. The Bertz CT molecular complexity index is 1230. The molecule has 0 aliphatic carbocycles. The van der Waals surface area contributed by atoms with Crippen molar-refractivity contribution in [1.82, 2.24) is 0 Å². The van der Waals surface area contributed by atoms with Crippen molar-refractivity contribution in [2.45, 2.75) is 425 Å². The van der Waals surface area contributed by atoms with Gasteiger partial charge in [-0.1, -0.05) is 367 Å². The number of carbonyl (C=O) groups is 3. The van der Waals surface area contributed by atoms with E-state index in [4.69, 9.17) is 14.2 Å². The Morgan fingerprint density at radius 1 is 0.241 bits per heavy atom. The molecule has 0 aromatic rings. The summed E-state index contributed by atoms with van der Waals surface area (Å²) in [5.74, 6) is -0.833. The number of unbranched alkanes of at least 4 members (excludes halogenated alkanes) is 55. The molecule has 0 rings (SSSR count). The lowest BCUT2D eigenvalue weighted by atomic mass is 10.0. The molecule has 0 aromatic heterocycles. The maximum absolute atomic E-state index is 12.9. The molecule has 1 unspecified atom stereocenters. The average molecular weight is 1110 g/mol. The van der Waals surface area contributed by atoms with Crippen molar-refractivity contribution in [2.24, 2.45) is 0 Å². The first-order valence-corrected chi connectivity index (χ1v) is 36.2. The van der Waals surface area contributed by atoms with Crippen LogP contribution in [0.15, 0.2) is 12.2 Å². The number of hydrogen-bond acceptors (Lipinski definition) is 6. The molecule has 0 radical (unpaired) electrons. The average Bonchev–Trinajstić information content (AvgIpc) is 3.45. The molecule has 0 N–H and O–H groups in total. The molecule has 0 spiro atoms. The molecular formula is C73H140O6. The second-order valence-corrected chi connectivity index (χ2v) is 24.9. The van der Waals surface area contributed by atoms with Gasteiger partial charge in [-0.05, 0) is 44.9 Å². The molecule has 0 saturated heterocycles. The minimum absolute atomic E-state index is 0.0649. The van der Waals surface area contributed by atoms with Crippen molar-refractivity contribution in [2.75, 3.05) is 13.2 Å². The van der Waals surface area contributed by atoms with Crippen LogP contribution in [-0.4, -0.2) is 37.2 Å². The lowest BCUT2D eigenvalue weighted by Gasteiger charge is -2.18. The van der Waals surface area contributed by atoms with Crippen LogP contribution in [0.25, 0.3) is 0 Å². The van der Waals surface area contributed by atoms with Crippen LogP contribution < -0.4 is 0 Å². The second-order valence-electron chi connectivity index (χ2n) is 24.9. The smallest absolute Gasteiger partial charge is 0.306 e. The maximum atomic E-state index is 12.9. The minimum atomic E-state index is -0.769. The van der Waals surface area contributed by atoms with E-state index in [1.807, 2.05) is 0 Å². The van der Waals surface area contributed by atoms with E-state index in [1.165, 1.54) is 321 Å². The zero-order valence-electron chi connectivity index (χ0n) is 53.9. The second kappa shape index (κ2) is 68.6. The van der Waals surface area contributed by atoms with Gasteiger partial charge in [-0.2, -0.15) is 0 Å². The maximum Gasteiger partial charge on any atom is 0.306 e. The summed E-state index contributed by atoms with van der Waals surface area (Å²) in [6, 6.07) is 0. The van der Waals surface area contributed by atoms with Crippen LogP contribution in [0.4, 0.5) is 0 Å². The quantitative estimate of drug-likeness (QED) is 0.0261. The summed E-state index contributed by atoms with van der Waals surface area (Å²) in [5.41, 5.74) is 0. The van der Waals surface area contributed by atoms with E-state index in [1.54, 1.807) is 0 Å². The number of rotatable bonds is 68. The number of hydrogen-bond donors (Lipinski definition) is 0. The fourth-order valence-electron chi connectivity index (χ4n) is 11.3. The van der Waals surface area contributed by atoms with Gasteiger partial charge < -0.3 is 14.2 Å². The SMILES string of the molecule is CCCCCCCC/C=C\CCCCCCCCCC(=O)OC(COC(=O)CCCCCCCCCCCCCCCCC)COC(=O)CCCCCCCCCCCCCCCCCCCCCCCCCCCCCCC. The monoisotopic (exact) mass is 1110 g/mol. The Morgan fingerprint density at radius 2 is 0.418 bits per heavy atom. The summed E-state index contributed by atoms with van der Waals surface area (Å²) < 4.78 is 17.0. The van der Waals surface area contributed by atoms with Gasteiger partial charge in [-0.15, -0.1) is 0 Å². The summed E-state index contributed by atoms with van der Waals surface area (Å²) in [6.07, 6.45) is 82.5. The summed E-state index contributed by atoms with van der Waals surface area (Å²) in [4.78, 5) is 38.4. The van der Waals surface area contributed by atoms with E-state index >= 15 is 0 Å². The molecule has 0 fully saturated rings. The highest BCUT2D eigenvalue weighted by molar-refractivity contribution is 5.71. The van der Waals surface area contributed by atoms with E-state index in [2.05, 4.69) is 32.9 Å². The van der Waals surface area contributed by atoms with Crippen molar-refractivity contribution in [1.29, 1.82) is 0 Å². The summed E-state index contributed by atoms with van der Waals surface area (Å²) in [5, 5.41) is 0. The number of esters is 3. The van der Waals surface area contributed by atoms with E-state index in [0.717, 1.165) is 57.8 Å². The highest BCUT2D eigenvalue weighted by atomic mass is 16.6. The molecule has 0 heterocycles. The largest absolute Gasteiger partial charge is 0.462 e. The van der Waals surface area contributed by atoms with E-state index in [-0.39, 0.29) is 31.1 Å². The van der Waals surface area contributed by atoms with E-state index < -0.39 is 6.10 Å². The summed E-state index contributed by atoms with van der Waals surface area (Å²) in [6.45, 7) is 6.72. The van der Waals surface area contributed by atoms with Gasteiger partial charge in [-0.25, -0.2) is 0 Å². The Labute approximate surface area is 494 Å². The van der Waals surface area contributed by atoms with Crippen LogP contribution in [0.5, 0.6) is 0 Å². The Kier molecular flexibility index (Phi) is 67.0. The number of allylic oxidation sites excluding steroid dienone is 2. The summed E-state index contributed by atoms with van der Waals surface area (Å²) >= 11 is 0. The van der Waals surface area contributed by atoms with E-state index in [9.17, 15) is 14.4 Å². The van der Waals surface area contributed by atoms with Gasteiger partial charge in [0.2, 0.25) is 0 Å². The van der Waals surface area contributed by atoms with Gasteiger partial charge in [0, 0.05) is 19.3 Å². The third kappa shape index (κ3) is 66.8. The molecule has 1 atom stereocenters. The molecule has 79 heavy (non-hydrogen) atoms. The molecule has 0 aliphatic heterocycles. The lowest BCUT2D eigenvalue weighted by Crippen LogP contribution is -2.30. The van der Waals surface area contributed by atoms with Gasteiger partial charge in [0.05, 0.1) is 0 Å². The third-order valence-electron chi connectivity index (χ3n) is 16.8. The highest BCUT2D eigenvalue weighted by Gasteiger charge is 2.19. The van der Waals surface area contributed by atoms with Gasteiger partial charge in [0.25, 0.3) is 0 Å². The van der Waals surface area contributed by atoms with Crippen molar-refractivity contribution in [3.8, 4) is 0 Å². The van der Waals surface area contributed by atoms with Crippen molar-refractivity contribution < 1.29 is 28.6 Å². The topological polar surface area (TPSA) is 78.9 Å². The van der Waals surface area contributed by atoms with Gasteiger partial charge >= 0.3 is 17.9 Å². The predicted molar refractivity (Wildman–Crippen MR) is 344 cm³/mol. The molecule has 6 nitrogen and oxygen atoms in total. The Balaban J connectivity index is 4.16. The minimum Gasteiger partial charge on any atom is -0.462 e. The zero-order chi connectivity index (χ0) is 57.1. The molecule has 0 amide bonds. The molecule has 0 bridgehead atoms. The van der Waals surface area contributed by atoms with Gasteiger partial charge in [0.1, 0.15) is 13.2 Å². The number of carbonyl (C=O) groups excluding carboxylic acids is 3. The fraction of sp³-hybridized carbons (Fsp3) is 0.932. The standard InChI is InChI=1S/C73H140O6/c1-4-7-10-13-16-19-22-25-28-30-31-32-33-34-35-36-37-38-39-40-41-43-45-48-51-54-57-60-63-66-72(75)78-69-70(68-77-71(74)65-62-59-56-53-50-47-44-27-24-21-18-15-12-9-6-3)79-73(76)67-64-61-58-55-52-49-46-42-29-26-23-20-17-14-11-8-5-2/h26,29,70H,4-25,27-28,30-69H2,1-3H3/b29-26-. The van der Waals surface area contributed by atoms with Crippen molar-refractivity contribution in [3.05, 3.63) is 12.2 Å². The van der Waals surface area contributed by atoms with Crippen LogP contribution in [0.3, 0.4) is 0 Å². The molecule has 468 valence electrons. The molecule has 0 aromatic carbocycles. The normalized spacial score (nSPS) is 12.0. The summed E-state index contributed by atoms with van der Waals surface area (Å²) in [7, 11) is 0.